The molecule has 0 rings (SSSR count). The smallest absolute Gasteiger partial charge is 0.408 e. The lowest BCUT2D eigenvalue weighted by atomic mass is 10.2. The highest BCUT2D eigenvalue weighted by Crippen LogP contribution is 2.10. The number of carbonyl (C=O) groups is 2. The van der Waals surface area contributed by atoms with Crippen LogP contribution in [0.5, 0.6) is 0 Å². The van der Waals surface area contributed by atoms with E-state index < -0.39 is 23.7 Å². The highest BCUT2D eigenvalue weighted by Gasteiger charge is 2.24. The van der Waals surface area contributed by atoms with Gasteiger partial charge < -0.3 is 15.2 Å². The highest BCUT2D eigenvalue weighted by atomic mass is 35.5. The van der Waals surface area contributed by atoms with E-state index in [4.69, 9.17) is 21.4 Å². The number of nitrogens with one attached hydrogen (secondary N) is 1. The third kappa shape index (κ3) is 7.11. The Bertz CT molecular complexity index is 296. The Kier molecular flexibility index (Phi) is 5.30. The number of alkyl carbamates (subject to hydrolysis) is 1. The third-order valence-corrected chi connectivity index (χ3v) is 1.57. The predicted octanol–water partition coefficient (Wildman–Crippen LogP) is 2.11. The molecule has 0 heterocycles. The molecule has 0 aromatic rings. The Morgan fingerprint density at radius 2 is 2.00 bits per heavy atom. The molecule has 0 aromatic heterocycles. The van der Waals surface area contributed by atoms with Crippen molar-refractivity contribution in [2.45, 2.75) is 38.8 Å². The molecule has 5 nitrogen and oxygen atoms in total. The minimum atomic E-state index is -1.19. The molecule has 0 unspecified atom stereocenters. The minimum absolute atomic E-state index is 0.0455. The number of amides is 1. The van der Waals surface area contributed by atoms with E-state index in [0.717, 1.165) is 0 Å². The van der Waals surface area contributed by atoms with Crippen LogP contribution in [-0.2, 0) is 9.53 Å². The SMILES string of the molecule is C=C(Cl)C[C@H](NC(=O)OC(C)(C)C)C(=O)O. The van der Waals surface area contributed by atoms with Crippen LogP contribution in [0, 0.1) is 0 Å². The average molecular weight is 250 g/mol. The standard InChI is InChI=1S/C10H16ClNO4/c1-6(11)5-7(8(13)14)12-9(15)16-10(2,3)4/h7H,1,5H2,2-4H3,(H,12,15)(H,13,14)/t7-/m0/s1. The maximum Gasteiger partial charge on any atom is 0.408 e. The third-order valence-electron chi connectivity index (χ3n) is 1.41. The van der Waals surface area contributed by atoms with E-state index in [-0.39, 0.29) is 11.5 Å². The van der Waals surface area contributed by atoms with Gasteiger partial charge in [-0.1, -0.05) is 18.2 Å². The molecule has 0 saturated carbocycles. The second kappa shape index (κ2) is 5.75. The average Bonchev–Trinajstić information content (AvgIpc) is 1.97. The summed E-state index contributed by atoms with van der Waals surface area (Å²) in [6.07, 6.45) is -0.839. The molecule has 0 bridgehead atoms. The monoisotopic (exact) mass is 249 g/mol. The summed E-state index contributed by atoms with van der Waals surface area (Å²) in [5.41, 5.74) is -0.675. The summed E-state index contributed by atoms with van der Waals surface area (Å²) in [6, 6.07) is -1.13. The first-order valence-electron chi connectivity index (χ1n) is 4.67. The first-order valence-corrected chi connectivity index (χ1v) is 5.05. The summed E-state index contributed by atoms with van der Waals surface area (Å²) < 4.78 is 4.91. The fourth-order valence-electron chi connectivity index (χ4n) is 0.871. The van der Waals surface area contributed by atoms with Gasteiger partial charge in [-0.3, -0.25) is 0 Å². The van der Waals surface area contributed by atoms with Gasteiger partial charge in [0.15, 0.2) is 0 Å². The van der Waals surface area contributed by atoms with Crippen molar-refractivity contribution in [2.75, 3.05) is 0 Å². The summed E-state index contributed by atoms with van der Waals surface area (Å²) in [6.45, 7) is 8.42. The lowest BCUT2D eigenvalue weighted by molar-refractivity contribution is -0.139. The number of aliphatic carboxylic acids is 1. The fourth-order valence-corrected chi connectivity index (χ4v) is 1.03. The van der Waals surface area contributed by atoms with Crippen LogP contribution in [-0.4, -0.2) is 28.8 Å². The van der Waals surface area contributed by atoms with E-state index in [1.54, 1.807) is 20.8 Å². The summed E-state index contributed by atoms with van der Waals surface area (Å²) in [5.74, 6) is -1.19. The minimum Gasteiger partial charge on any atom is -0.480 e. The molecule has 0 aliphatic carbocycles. The van der Waals surface area contributed by atoms with Crippen molar-refractivity contribution in [2.24, 2.45) is 0 Å². The van der Waals surface area contributed by atoms with Crippen LogP contribution in [0.15, 0.2) is 11.6 Å². The molecule has 92 valence electrons. The van der Waals surface area contributed by atoms with Crippen molar-refractivity contribution in [3.63, 3.8) is 0 Å². The van der Waals surface area contributed by atoms with Gasteiger partial charge in [0.25, 0.3) is 0 Å². The number of halogens is 1. The summed E-state index contributed by atoms with van der Waals surface area (Å²) in [5, 5.41) is 11.2. The van der Waals surface area contributed by atoms with Crippen molar-refractivity contribution in [1.82, 2.24) is 5.32 Å². The van der Waals surface area contributed by atoms with Crippen LogP contribution >= 0.6 is 11.6 Å². The molecule has 0 radical (unpaired) electrons. The molecular weight excluding hydrogens is 234 g/mol. The number of carbonyl (C=O) groups excluding carboxylic acids is 1. The molecule has 16 heavy (non-hydrogen) atoms. The Balaban J connectivity index is 4.35. The zero-order valence-corrected chi connectivity index (χ0v) is 10.3. The molecule has 0 fully saturated rings. The molecule has 0 spiro atoms. The van der Waals surface area contributed by atoms with E-state index >= 15 is 0 Å². The van der Waals surface area contributed by atoms with Gasteiger partial charge in [0.1, 0.15) is 11.6 Å². The van der Waals surface area contributed by atoms with E-state index in [1.165, 1.54) is 0 Å². The first-order chi connectivity index (χ1) is 7.11. The molecule has 2 N–H and O–H groups in total. The van der Waals surface area contributed by atoms with E-state index in [0.29, 0.717) is 0 Å². The lowest BCUT2D eigenvalue weighted by Gasteiger charge is -2.21. The molecular formula is C10H16ClNO4. The van der Waals surface area contributed by atoms with E-state index in [2.05, 4.69) is 11.9 Å². The van der Waals surface area contributed by atoms with Gasteiger partial charge in [-0.2, -0.15) is 0 Å². The number of hydrogen-bond acceptors (Lipinski definition) is 3. The molecule has 6 heteroatoms. The van der Waals surface area contributed by atoms with Crippen LogP contribution < -0.4 is 5.32 Å². The second-order valence-electron chi connectivity index (χ2n) is 4.26. The second-order valence-corrected chi connectivity index (χ2v) is 4.79. The van der Waals surface area contributed by atoms with Gasteiger partial charge in [0, 0.05) is 11.5 Å². The number of hydrogen-bond donors (Lipinski definition) is 2. The van der Waals surface area contributed by atoms with Gasteiger partial charge in [-0.15, -0.1) is 0 Å². The normalized spacial score (nSPS) is 12.8. The zero-order valence-electron chi connectivity index (χ0n) is 9.54. The Morgan fingerprint density at radius 3 is 2.31 bits per heavy atom. The van der Waals surface area contributed by atoms with Crippen molar-refractivity contribution in [3.8, 4) is 0 Å². The number of carboxylic acids is 1. The molecule has 0 aliphatic rings. The van der Waals surface area contributed by atoms with Crippen molar-refractivity contribution < 1.29 is 19.4 Å². The number of ether oxygens (including phenoxy) is 1. The fraction of sp³-hybridized carbons (Fsp3) is 0.600. The first kappa shape index (κ1) is 14.8. The maximum absolute atomic E-state index is 11.3. The molecule has 1 amide bonds. The topological polar surface area (TPSA) is 75.6 Å². The van der Waals surface area contributed by atoms with Gasteiger partial charge in [0.2, 0.25) is 0 Å². The largest absolute Gasteiger partial charge is 0.480 e. The molecule has 0 aromatic carbocycles. The highest BCUT2D eigenvalue weighted by molar-refractivity contribution is 6.29. The predicted molar refractivity (Wildman–Crippen MR) is 60.4 cm³/mol. The molecule has 1 atom stereocenters. The summed E-state index contributed by atoms with van der Waals surface area (Å²) in [7, 11) is 0. The van der Waals surface area contributed by atoms with Gasteiger partial charge in [-0.05, 0) is 20.8 Å². The number of carboxylic acid groups (broad SMARTS) is 1. The summed E-state index contributed by atoms with van der Waals surface area (Å²) in [4.78, 5) is 22.1. The van der Waals surface area contributed by atoms with Gasteiger partial charge in [-0.25, -0.2) is 9.59 Å². The lowest BCUT2D eigenvalue weighted by Crippen LogP contribution is -2.43. The quantitative estimate of drug-likeness (QED) is 0.800. The van der Waals surface area contributed by atoms with Crippen LogP contribution in [0.25, 0.3) is 0 Å². The van der Waals surface area contributed by atoms with Crippen LogP contribution in [0.3, 0.4) is 0 Å². The maximum atomic E-state index is 11.3. The van der Waals surface area contributed by atoms with E-state index in [1.807, 2.05) is 0 Å². The van der Waals surface area contributed by atoms with Gasteiger partial charge >= 0.3 is 12.1 Å². The van der Waals surface area contributed by atoms with Crippen LogP contribution in [0.4, 0.5) is 4.79 Å². The van der Waals surface area contributed by atoms with Gasteiger partial charge in [0.05, 0.1) is 0 Å². The Hall–Kier alpha value is -1.23. The molecule has 0 saturated heterocycles. The Morgan fingerprint density at radius 1 is 1.50 bits per heavy atom. The van der Waals surface area contributed by atoms with Crippen molar-refractivity contribution >= 4 is 23.7 Å². The Labute approximate surface area is 99.4 Å². The molecule has 0 aliphatic heterocycles. The van der Waals surface area contributed by atoms with Crippen molar-refractivity contribution in [1.29, 1.82) is 0 Å². The number of rotatable bonds is 4. The summed E-state index contributed by atoms with van der Waals surface area (Å²) >= 11 is 5.48. The van der Waals surface area contributed by atoms with Crippen LogP contribution in [0.2, 0.25) is 0 Å². The van der Waals surface area contributed by atoms with Crippen molar-refractivity contribution in [3.05, 3.63) is 11.6 Å². The van der Waals surface area contributed by atoms with E-state index in [9.17, 15) is 9.59 Å². The van der Waals surface area contributed by atoms with Crippen LogP contribution in [0.1, 0.15) is 27.2 Å². The zero-order chi connectivity index (χ0) is 12.9.